The van der Waals surface area contributed by atoms with Crippen molar-refractivity contribution in [1.82, 2.24) is 35.4 Å². The number of fused-ring (bicyclic) bond motifs is 2. The first-order chi connectivity index (χ1) is 30.2. The minimum atomic E-state index is -0.599. The van der Waals surface area contributed by atoms with E-state index in [2.05, 4.69) is 78.7 Å². The van der Waals surface area contributed by atoms with Gasteiger partial charge < -0.3 is 30.7 Å². The van der Waals surface area contributed by atoms with E-state index in [1.165, 1.54) is 30.3 Å². The second-order valence-electron chi connectivity index (χ2n) is 17.8. The van der Waals surface area contributed by atoms with Crippen LogP contribution in [0.2, 0.25) is 0 Å². The van der Waals surface area contributed by atoms with Crippen molar-refractivity contribution in [2.24, 2.45) is 5.41 Å². The molecule has 2 atom stereocenters. The zero-order valence-electron chi connectivity index (χ0n) is 35.2. The topological polar surface area (TPSA) is 168 Å². The highest BCUT2D eigenvalue weighted by Gasteiger charge is 2.54. The maximum atomic E-state index is 13.2. The summed E-state index contributed by atoms with van der Waals surface area (Å²) < 4.78 is 0. The van der Waals surface area contributed by atoms with Crippen molar-refractivity contribution >= 4 is 58.3 Å². The highest BCUT2D eigenvalue weighted by atomic mass is 16.2. The van der Waals surface area contributed by atoms with E-state index in [1.807, 2.05) is 30.3 Å². The van der Waals surface area contributed by atoms with Crippen LogP contribution in [0.15, 0.2) is 73.4 Å². The fourth-order valence-corrected chi connectivity index (χ4v) is 10.5. The Hall–Kier alpha value is -6.35. The van der Waals surface area contributed by atoms with Gasteiger partial charge in [-0.25, -0.2) is 9.97 Å². The van der Waals surface area contributed by atoms with Crippen LogP contribution in [0.4, 0.5) is 34.6 Å². The number of benzene rings is 2. The molecule has 10 rings (SSSR count). The Labute approximate surface area is 361 Å². The highest BCUT2D eigenvalue weighted by molar-refractivity contribution is 6.05. The number of nitrogens with one attached hydrogen (secondary N) is 4. The summed E-state index contributed by atoms with van der Waals surface area (Å²) in [6.07, 6.45) is 9.43. The maximum absolute atomic E-state index is 13.2. The quantitative estimate of drug-likeness (QED) is 0.108. The summed E-state index contributed by atoms with van der Waals surface area (Å²) in [6, 6.07) is 18.5. The number of carbonyl (C=O) groups excluding carboxylic acids is 4. The van der Waals surface area contributed by atoms with Gasteiger partial charge in [0.2, 0.25) is 17.8 Å². The number of hydrogen-bond acceptors (Lipinski definition) is 12. The largest absolute Gasteiger partial charge is 0.370 e. The third-order valence-electron chi connectivity index (χ3n) is 13.9. The van der Waals surface area contributed by atoms with Crippen LogP contribution >= 0.6 is 0 Å². The lowest BCUT2D eigenvalue weighted by molar-refractivity contribution is -0.136. The molecule has 2 aromatic carbocycles. The van der Waals surface area contributed by atoms with E-state index in [-0.39, 0.29) is 30.0 Å². The van der Waals surface area contributed by atoms with Crippen molar-refractivity contribution in [3.05, 3.63) is 101 Å². The number of hydrogen-bond donors (Lipinski definition) is 4. The number of amides is 4. The molecule has 320 valence electrons. The average Bonchev–Trinajstić information content (AvgIpc) is 3.82. The van der Waals surface area contributed by atoms with Crippen LogP contribution in [0, 0.1) is 5.41 Å². The smallest absolute Gasteiger partial charge is 0.256 e. The Morgan fingerprint density at radius 3 is 2.45 bits per heavy atom. The van der Waals surface area contributed by atoms with Crippen molar-refractivity contribution < 1.29 is 19.2 Å². The van der Waals surface area contributed by atoms with Crippen molar-refractivity contribution in [3.63, 3.8) is 0 Å². The zero-order chi connectivity index (χ0) is 42.5. The Morgan fingerprint density at radius 1 is 0.903 bits per heavy atom. The van der Waals surface area contributed by atoms with Gasteiger partial charge in [-0.05, 0) is 98.2 Å². The van der Waals surface area contributed by atoms with E-state index in [0.717, 1.165) is 81.2 Å². The minimum absolute atomic E-state index is 0.133. The number of nitrogens with zero attached hydrogens (tertiary/aromatic N) is 7. The fourth-order valence-electron chi connectivity index (χ4n) is 10.5. The molecule has 2 aromatic heterocycles. The molecule has 4 fully saturated rings. The van der Waals surface area contributed by atoms with Gasteiger partial charge in [0.05, 0.1) is 0 Å². The molecule has 6 aliphatic rings. The van der Waals surface area contributed by atoms with Gasteiger partial charge in [0.25, 0.3) is 11.8 Å². The second kappa shape index (κ2) is 16.2. The van der Waals surface area contributed by atoms with E-state index < -0.39 is 6.04 Å². The molecule has 2 aliphatic carbocycles. The Morgan fingerprint density at radius 2 is 1.69 bits per heavy atom. The molecular formula is C47H53N11O4. The molecule has 0 radical (unpaired) electrons. The normalized spacial score (nSPS) is 21.8. The number of rotatable bonds is 12. The summed E-state index contributed by atoms with van der Waals surface area (Å²) in [5.74, 6) is 0.766. The van der Waals surface area contributed by atoms with E-state index >= 15 is 0 Å². The van der Waals surface area contributed by atoms with E-state index in [0.29, 0.717) is 65.6 Å². The number of imide groups is 1. The van der Waals surface area contributed by atoms with E-state index in [9.17, 15) is 19.2 Å². The predicted octanol–water partition coefficient (Wildman–Crippen LogP) is 5.27. The maximum Gasteiger partial charge on any atom is 0.256 e. The van der Waals surface area contributed by atoms with Crippen LogP contribution in [0.5, 0.6) is 0 Å². The van der Waals surface area contributed by atoms with Crippen molar-refractivity contribution in [1.29, 1.82) is 0 Å². The van der Waals surface area contributed by atoms with Crippen molar-refractivity contribution in [2.45, 2.75) is 76.4 Å². The first kappa shape index (κ1) is 39.8. The average molecular weight is 836 g/mol. The SMILES string of the molecule is C=CCNC(=O)c1cnc(Nc2ccc(N3CC4(CC(N5CCN(c6ccc7c(c6)CN(C6CCC(=O)NC6=O)C7=O)CC5)C4)C3)cc2)nc1Nc1ccc2c(n1)C(CC)CC2. The lowest BCUT2D eigenvalue weighted by atomic mass is 9.60. The number of pyridine rings is 1. The highest BCUT2D eigenvalue weighted by Crippen LogP contribution is 2.51. The van der Waals surface area contributed by atoms with Crippen molar-refractivity contribution in [3.8, 4) is 0 Å². The van der Waals surface area contributed by atoms with Crippen molar-refractivity contribution in [2.75, 3.05) is 66.2 Å². The van der Waals surface area contributed by atoms with Crippen LogP contribution in [-0.2, 0) is 22.6 Å². The molecule has 62 heavy (non-hydrogen) atoms. The summed E-state index contributed by atoms with van der Waals surface area (Å²) in [5.41, 5.74) is 7.88. The van der Waals surface area contributed by atoms with Gasteiger partial charge in [-0.3, -0.25) is 29.4 Å². The molecule has 2 unspecified atom stereocenters. The number of piperidine rings is 1. The van der Waals surface area contributed by atoms with Gasteiger partial charge in [0.1, 0.15) is 23.2 Å². The third kappa shape index (κ3) is 7.52. The van der Waals surface area contributed by atoms with E-state index in [4.69, 9.17) is 9.97 Å². The summed E-state index contributed by atoms with van der Waals surface area (Å²) in [7, 11) is 0. The lowest BCUT2D eigenvalue weighted by Crippen LogP contribution is -2.68. The van der Waals surface area contributed by atoms with Crippen LogP contribution < -0.4 is 31.1 Å². The lowest BCUT2D eigenvalue weighted by Gasteiger charge is -2.62. The summed E-state index contributed by atoms with van der Waals surface area (Å²) >= 11 is 0. The molecule has 0 bridgehead atoms. The Balaban J connectivity index is 0.710. The standard InChI is InChI=1S/C47H53N11O4/c1-3-17-48-43(60)37-25-49-46(54-42(37)52-39-15-7-30-6-5-29(4-2)41(30)51-39)50-32-8-10-33(11-9-32)57-27-47(28-57)23-35(24-47)56-20-18-55(19-21-56)34-12-13-36-31(22-34)26-58(45(36)62)38-14-16-40(59)53-44(38)61/h3,7-13,15,22,25,29,35,38H,1,4-6,14,16-21,23-24,26-28H2,2H3,(H,48,60)(H,53,59,61)(H2,49,50,51,52,54). The van der Waals surface area contributed by atoms with Crippen LogP contribution in [0.25, 0.3) is 0 Å². The van der Waals surface area contributed by atoms with Crippen LogP contribution in [0.1, 0.15) is 88.9 Å². The Bertz CT molecular complexity index is 2430. The molecule has 1 saturated carbocycles. The molecule has 15 nitrogen and oxygen atoms in total. The Kier molecular flexibility index (Phi) is 10.4. The van der Waals surface area contributed by atoms with Gasteiger partial charge in [-0.15, -0.1) is 6.58 Å². The van der Waals surface area contributed by atoms with Crippen LogP contribution in [0.3, 0.4) is 0 Å². The molecule has 1 spiro atoms. The van der Waals surface area contributed by atoms with Gasteiger partial charge in [0, 0.05) is 111 Å². The molecule has 4 aliphatic heterocycles. The minimum Gasteiger partial charge on any atom is -0.370 e. The number of aromatic nitrogens is 3. The van der Waals surface area contributed by atoms with Gasteiger partial charge in [-0.1, -0.05) is 19.1 Å². The molecule has 15 heteroatoms. The van der Waals surface area contributed by atoms with E-state index in [1.54, 1.807) is 11.0 Å². The first-order valence-electron chi connectivity index (χ1n) is 22.1. The van der Waals surface area contributed by atoms with Crippen LogP contribution in [-0.4, -0.2) is 106 Å². The molecule has 3 saturated heterocycles. The molecule has 4 amide bonds. The summed E-state index contributed by atoms with van der Waals surface area (Å²) in [4.78, 5) is 73.7. The first-order valence-corrected chi connectivity index (χ1v) is 22.1. The number of piperazine rings is 1. The molecule has 6 heterocycles. The van der Waals surface area contributed by atoms with Gasteiger partial charge >= 0.3 is 0 Å². The fraction of sp³-hybridized carbons (Fsp3) is 0.426. The summed E-state index contributed by atoms with van der Waals surface area (Å²) in [5, 5.41) is 11.9. The van der Waals surface area contributed by atoms with Gasteiger partial charge in [0.15, 0.2) is 0 Å². The zero-order valence-corrected chi connectivity index (χ0v) is 35.2. The predicted molar refractivity (Wildman–Crippen MR) is 237 cm³/mol. The molecular weight excluding hydrogens is 783 g/mol. The number of carbonyl (C=O) groups is 4. The monoisotopic (exact) mass is 835 g/mol. The second-order valence-corrected chi connectivity index (χ2v) is 17.8. The molecule has 4 N–H and O–H groups in total. The summed E-state index contributed by atoms with van der Waals surface area (Å²) in [6.45, 7) is 12.6. The number of aryl methyl sites for hydroxylation is 1. The number of anilines is 6. The molecule has 4 aromatic rings. The third-order valence-corrected chi connectivity index (χ3v) is 13.9. The van der Waals surface area contributed by atoms with Gasteiger partial charge in [-0.2, -0.15) is 4.98 Å².